The van der Waals surface area contributed by atoms with Crippen LogP contribution in [0, 0.1) is 11.3 Å². The molecule has 0 atom stereocenters. The maximum absolute atomic E-state index is 13.2. The molecule has 1 aromatic heterocycles. The zero-order valence-corrected chi connectivity index (χ0v) is 16.6. The molecule has 138 valence electrons. The highest BCUT2D eigenvalue weighted by atomic mass is 79.9. The van der Waals surface area contributed by atoms with E-state index in [4.69, 9.17) is 15.4 Å². The van der Waals surface area contributed by atoms with Gasteiger partial charge < -0.3 is 10.2 Å². The van der Waals surface area contributed by atoms with Gasteiger partial charge in [-0.3, -0.25) is 4.79 Å². The maximum Gasteiger partial charge on any atom is 0.200 e. The second-order valence-electron chi connectivity index (χ2n) is 6.64. The Balaban J connectivity index is 2.07. The summed E-state index contributed by atoms with van der Waals surface area (Å²) in [5.74, 6) is 0. The summed E-state index contributed by atoms with van der Waals surface area (Å²) < 4.78 is 7.04. The van der Waals surface area contributed by atoms with E-state index in [9.17, 15) is 4.79 Å². The van der Waals surface area contributed by atoms with Gasteiger partial charge >= 0.3 is 0 Å². The number of hydrogen-bond acceptors (Lipinski definition) is 4. The summed E-state index contributed by atoms with van der Waals surface area (Å²) in [5, 5.41) is 9.97. The molecule has 3 aromatic carbocycles. The van der Waals surface area contributed by atoms with Crippen LogP contribution in [0.4, 0.5) is 5.69 Å². The molecular formula is C23H17BrN2O2. The van der Waals surface area contributed by atoms with Crippen molar-refractivity contribution in [2.75, 3.05) is 5.73 Å². The van der Waals surface area contributed by atoms with E-state index in [1.54, 1.807) is 12.1 Å². The van der Waals surface area contributed by atoms with Crippen molar-refractivity contribution in [1.82, 2.24) is 0 Å². The van der Waals surface area contributed by atoms with Crippen LogP contribution in [-0.2, 0) is 6.42 Å². The zero-order chi connectivity index (χ0) is 19.7. The average Bonchev–Trinajstić information content (AvgIpc) is 2.70. The Labute approximate surface area is 170 Å². The summed E-state index contributed by atoms with van der Waals surface area (Å²) in [4.78, 5) is 13.2. The highest BCUT2D eigenvalue weighted by Crippen LogP contribution is 2.36. The fourth-order valence-electron chi connectivity index (χ4n) is 3.51. The first-order chi connectivity index (χ1) is 13.6. The summed E-state index contributed by atoms with van der Waals surface area (Å²) >= 11 is 3.49. The Morgan fingerprint density at radius 2 is 1.89 bits per heavy atom. The molecule has 2 N–H and O–H groups in total. The molecule has 0 aliphatic carbocycles. The molecule has 0 saturated carbocycles. The number of aryl methyl sites for hydroxylation is 1. The minimum atomic E-state index is -0.0744. The van der Waals surface area contributed by atoms with Gasteiger partial charge in [0.05, 0.1) is 16.8 Å². The van der Waals surface area contributed by atoms with Crippen LogP contribution in [0.15, 0.2) is 68.3 Å². The highest BCUT2D eigenvalue weighted by Gasteiger charge is 2.18. The number of benzene rings is 3. The number of para-hydroxylation sites is 1. The van der Waals surface area contributed by atoms with E-state index >= 15 is 0 Å². The van der Waals surface area contributed by atoms with Gasteiger partial charge in [0.2, 0.25) is 5.43 Å². The van der Waals surface area contributed by atoms with E-state index in [-0.39, 0.29) is 5.43 Å². The molecule has 4 rings (SSSR count). The third kappa shape index (κ3) is 3.17. The van der Waals surface area contributed by atoms with E-state index < -0.39 is 0 Å². The van der Waals surface area contributed by atoms with Gasteiger partial charge in [0, 0.05) is 27.7 Å². The average molecular weight is 433 g/mol. The normalized spacial score (nSPS) is 11.0. The van der Waals surface area contributed by atoms with Crippen LogP contribution < -0.4 is 11.2 Å². The number of nitrogens with zero attached hydrogens (tertiary/aromatic N) is 1. The minimum Gasteiger partial charge on any atom is -0.455 e. The Morgan fingerprint density at radius 3 is 2.68 bits per heavy atom. The molecule has 28 heavy (non-hydrogen) atoms. The quantitative estimate of drug-likeness (QED) is 0.250. The van der Waals surface area contributed by atoms with Crippen molar-refractivity contribution in [2.45, 2.75) is 19.3 Å². The van der Waals surface area contributed by atoms with Crippen molar-refractivity contribution in [1.29, 1.82) is 5.26 Å². The number of nitriles is 1. The van der Waals surface area contributed by atoms with Crippen LogP contribution >= 0.6 is 15.9 Å². The molecule has 0 amide bonds. The number of nitrogen functional groups attached to an aromatic ring is 1. The molecule has 0 bridgehead atoms. The Kier molecular flexibility index (Phi) is 4.89. The van der Waals surface area contributed by atoms with Crippen LogP contribution in [-0.4, -0.2) is 0 Å². The van der Waals surface area contributed by atoms with Crippen molar-refractivity contribution in [3.8, 4) is 17.2 Å². The van der Waals surface area contributed by atoms with Gasteiger partial charge in [0.15, 0.2) is 0 Å². The third-order valence-corrected chi connectivity index (χ3v) is 5.36. The van der Waals surface area contributed by atoms with Gasteiger partial charge in [-0.25, -0.2) is 0 Å². The first kappa shape index (κ1) is 18.3. The molecule has 1 heterocycles. The fourth-order valence-corrected chi connectivity index (χ4v) is 3.91. The Morgan fingerprint density at radius 1 is 1.07 bits per heavy atom. The first-order valence-electron chi connectivity index (χ1n) is 9.00. The van der Waals surface area contributed by atoms with Crippen LogP contribution in [0.25, 0.3) is 33.1 Å². The van der Waals surface area contributed by atoms with Crippen molar-refractivity contribution in [3.05, 3.63) is 74.9 Å². The summed E-state index contributed by atoms with van der Waals surface area (Å²) in [6, 6.07) is 19.0. The molecule has 5 heteroatoms. The number of rotatable bonds is 4. The van der Waals surface area contributed by atoms with Gasteiger partial charge in [-0.05, 0) is 48.7 Å². The van der Waals surface area contributed by atoms with Gasteiger partial charge in [0.25, 0.3) is 0 Å². The number of halogens is 1. The van der Waals surface area contributed by atoms with E-state index in [0.717, 1.165) is 21.2 Å². The number of unbranched alkanes of at least 4 members (excludes halogenated alkanes) is 1. The monoisotopic (exact) mass is 432 g/mol. The van der Waals surface area contributed by atoms with Crippen molar-refractivity contribution >= 4 is 43.6 Å². The molecular weight excluding hydrogens is 416 g/mol. The lowest BCUT2D eigenvalue weighted by Gasteiger charge is -2.15. The van der Waals surface area contributed by atoms with Crippen LogP contribution in [0.5, 0.6) is 0 Å². The Hall–Kier alpha value is -3.10. The molecule has 4 aromatic rings. The summed E-state index contributed by atoms with van der Waals surface area (Å²) in [6.45, 7) is 0. The largest absolute Gasteiger partial charge is 0.455 e. The SMILES string of the molecule is N#CCCCc1c(N)c(-c2cccc(Br)c2)cc2c(=O)c3ccccc3oc12. The van der Waals surface area contributed by atoms with Crippen LogP contribution in [0.2, 0.25) is 0 Å². The first-order valence-corrected chi connectivity index (χ1v) is 9.79. The summed E-state index contributed by atoms with van der Waals surface area (Å²) in [6.07, 6.45) is 1.63. The standard InChI is InChI=1S/C23H17BrN2O2/c24-15-7-5-6-14(12-15)18-13-19-22(27)16-8-1-2-10-20(16)28-23(19)17(21(18)26)9-3-4-11-25/h1-2,5-8,10,12-13H,3-4,9,26H2. The minimum absolute atomic E-state index is 0.0744. The van der Waals surface area contributed by atoms with E-state index in [2.05, 4.69) is 22.0 Å². The van der Waals surface area contributed by atoms with Crippen molar-refractivity contribution in [2.24, 2.45) is 0 Å². The fraction of sp³-hybridized carbons (Fsp3) is 0.130. The molecule has 0 radical (unpaired) electrons. The number of anilines is 1. The van der Waals surface area contributed by atoms with Crippen LogP contribution in [0.1, 0.15) is 18.4 Å². The second kappa shape index (κ2) is 7.49. The third-order valence-electron chi connectivity index (χ3n) is 4.86. The van der Waals surface area contributed by atoms with Crippen molar-refractivity contribution < 1.29 is 4.42 Å². The van der Waals surface area contributed by atoms with Crippen molar-refractivity contribution in [3.63, 3.8) is 0 Å². The Bertz CT molecular complexity index is 1300. The number of nitrogens with two attached hydrogens (primary N) is 1. The van der Waals surface area contributed by atoms with E-state index in [1.807, 2.05) is 42.5 Å². The number of hydrogen-bond donors (Lipinski definition) is 1. The molecule has 0 spiro atoms. The number of fused-ring (bicyclic) bond motifs is 2. The lowest BCUT2D eigenvalue weighted by Crippen LogP contribution is -2.07. The van der Waals surface area contributed by atoms with Gasteiger partial charge in [0.1, 0.15) is 11.2 Å². The molecule has 0 saturated heterocycles. The van der Waals surface area contributed by atoms with E-state index in [0.29, 0.717) is 46.9 Å². The zero-order valence-electron chi connectivity index (χ0n) is 15.0. The molecule has 4 nitrogen and oxygen atoms in total. The predicted molar refractivity (Wildman–Crippen MR) is 116 cm³/mol. The molecule has 0 fully saturated rings. The predicted octanol–water partition coefficient (Wildman–Crippen LogP) is 5.80. The molecule has 0 aliphatic rings. The second-order valence-corrected chi connectivity index (χ2v) is 7.56. The highest BCUT2D eigenvalue weighted by molar-refractivity contribution is 9.10. The van der Waals surface area contributed by atoms with Gasteiger partial charge in [-0.2, -0.15) is 5.26 Å². The smallest absolute Gasteiger partial charge is 0.200 e. The van der Waals surface area contributed by atoms with Crippen LogP contribution in [0.3, 0.4) is 0 Å². The van der Waals surface area contributed by atoms with Gasteiger partial charge in [-0.15, -0.1) is 0 Å². The molecule has 0 aliphatic heterocycles. The maximum atomic E-state index is 13.2. The summed E-state index contributed by atoms with van der Waals surface area (Å²) in [5.41, 5.74) is 10.6. The summed E-state index contributed by atoms with van der Waals surface area (Å²) in [7, 11) is 0. The van der Waals surface area contributed by atoms with E-state index in [1.165, 1.54) is 0 Å². The molecule has 0 unspecified atom stereocenters. The lowest BCUT2D eigenvalue weighted by molar-refractivity contribution is 0.651. The lowest BCUT2D eigenvalue weighted by atomic mass is 9.94. The van der Waals surface area contributed by atoms with Gasteiger partial charge in [-0.1, -0.05) is 40.2 Å². The topological polar surface area (TPSA) is 80.0 Å².